The van der Waals surface area contributed by atoms with Crippen molar-refractivity contribution in [1.82, 2.24) is 9.80 Å². The summed E-state index contributed by atoms with van der Waals surface area (Å²) in [6.07, 6.45) is 0. The van der Waals surface area contributed by atoms with E-state index in [2.05, 4.69) is 15.9 Å². The SMILES string of the molecule is Cc1c(C(COCCOCCN(CC(=O)O)CC(=O)O)N(CC(=O)O)CC(=O)O)c2cc(Br)c(O)c(C)c2oc1=O. The van der Waals surface area contributed by atoms with Gasteiger partial charge in [-0.3, -0.25) is 29.0 Å². The van der Waals surface area contributed by atoms with Crippen LogP contribution < -0.4 is 5.63 Å². The molecule has 2 rings (SSSR count). The van der Waals surface area contributed by atoms with Gasteiger partial charge in [-0.15, -0.1) is 0 Å². The second kappa shape index (κ2) is 15.4. The zero-order valence-electron chi connectivity index (χ0n) is 22.3. The van der Waals surface area contributed by atoms with Gasteiger partial charge in [0.25, 0.3) is 0 Å². The number of aliphatic carboxylic acids is 4. The first-order valence-corrected chi connectivity index (χ1v) is 13.0. The third-order valence-corrected chi connectivity index (χ3v) is 6.61. The first-order valence-electron chi connectivity index (χ1n) is 12.2. The monoisotopic (exact) mass is 646 g/mol. The summed E-state index contributed by atoms with van der Waals surface area (Å²) in [6, 6.07) is 0.435. The van der Waals surface area contributed by atoms with Crippen LogP contribution in [-0.2, 0) is 28.7 Å². The molecule has 1 heterocycles. The Balaban J connectivity index is 2.30. The average molecular weight is 647 g/mol. The predicted octanol–water partition coefficient (Wildman–Crippen LogP) is 0.895. The van der Waals surface area contributed by atoms with Crippen LogP contribution in [0.15, 0.2) is 19.8 Å². The number of halogens is 1. The van der Waals surface area contributed by atoms with Crippen molar-refractivity contribution in [2.24, 2.45) is 0 Å². The number of hydrogen-bond acceptors (Lipinski definition) is 11. The summed E-state index contributed by atoms with van der Waals surface area (Å²) in [7, 11) is 0. The Morgan fingerprint density at radius 2 is 1.41 bits per heavy atom. The Labute approximate surface area is 241 Å². The van der Waals surface area contributed by atoms with E-state index in [0.717, 1.165) is 4.90 Å². The molecule has 0 radical (unpaired) electrons. The molecule has 0 saturated heterocycles. The van der Waals surface area contributed by atoms with Crippen LogP contribution in [0.5, 0.6) is 5.75 Å². The largest absolute Gasteiger partial charge is 0.506 e. The Morgan fingerprint density at radius 3 is 1.95 bits per heavy atom. The van der Waals surface area contributed by atoms with Gasteiger partial charge in [-0.1, -0.05) is 0 Å². The van der Waals surface area contributed by atoms with Crippen molar-refractivity contribution in [1.29, 1.82) is 0 Å². The maximum atomic E-state index is 12.8. The van der Waals surface area contributed by atoms with E-state index in [1.165, 1.54) is 24.8 Å². The van der Waals surface area contributed by atoms with Crippen molar-refractivity contribution >= 4 is 50.8 Å². The molecule has 226 valence electrons. The van der Waals surface area contributed by atoms with Crippen LogP contribution in [0.1, 0.15) is 22.7 Å². The molecule has 0 aliphatic heterocycles. The number of carboxylic acids is 4. The van der Waals surface area contributed by atoms with Crippen LogP contribution in [0.2, 0.25) is 0 Å². The number of fused-ring (bicyclic) bond motifs is 1. The number of benzene rings is 1. The van der Waals surface area contributed by atoms with Gasteiger partial charge in [-0.2, -0.15) is 0 Å². The van der Waals surface area contributed by atoms with Gasteiger partial charge in [0.15, 0.2) is 0 Å². The molecular formula is C25H31BrN2O13. The minimum absolute atomic E-state index is 0.00221. The van der Waals surface area contributed by atoms with Gasteiger partial charge < -0.3 is 39.4 Å². The summed E-state index contributed by atoms with van der Waals surface area (Å²) >= 11 is 3.25. The van der Waals surface area contributed by atoms with E-state index in [1.54, 1.807) is 0 Å². The second-order valence-corrected chi connectivity index (χ2v) is 9.88. The van der Waals surface area contributed by atoms with Crippen molar-refractivity contribution in [2.45, 2.75) is 19.9 Å². The Hall–Kier alpha value is -3.57. The van der Waals surface area contributed by atoms with E-state index in [4.69, 9.17) is 24.1 Å². The molecule has 16 heteroatoms. The van der Waals surface area contributed by atoms with E-state index in [9.17, 15) is 39.3 Å². The third-order valence-electron chi connectivity index (χ3n) is 6.00. The topological polar surface area (TPSA) is 225 Å². The Morgan fingerprint density at radius 1 is 0.878 bits per heavy atom. The fraction of sp³-hybridized carbons (Fsp3) is 0.480. The van der Waals surface area contributed by atoms with Gasteiger partial charge in [0.1, 0.15) is 11.3 Å². The average Bonchev–Trinajstić information content (AvgIpc) is 2.85. The molecule has 41 heavy (non-hydrogen) atoms. The minimum atomic E-state index is -1.31. The van der Waals surface area contributed by atoms with E-state index in [0.29, 0.717) is 5.39 Å². The van der Waals surface area contributed by atoms with Gasteiger partial charge >= 0.3 is 29.5 Å². The molecule has 5 N–H and O–H groups in total. The van der Waals surface area contributed by atoms with Gasteiger partial charge in [-0.25, -0.2) is 4.79 Å². The molecule has 0 amide bonds. The number of aryl methyl sites for hydroxylation is 1. The quantitative estimate of drug-likeness (QED) is 0.112. The molecule has 0 aliphatic rings. The van der Waals surface area contributed by atoms with Gasteiger partial charge in [0.2, 0.25) is 0 Å². The lowest BCUT2D eigenvalue weighted by Gasteiger charge is -2.31. The van der Waals surface area contributed by atoms with Crippen molar-refractivity contribution < 1.29 is 58.6 Å². The van der Waals surface area contributed by atoms with Gasteiger partial charge in [-0.05, 0) is 41.4 Å². The number of rotatable bonds is 18. The second-order valence-electron chi connectivity index (χ2n) is 9.03. The molecule has 2 aromatic rings. The number of aromatic hydroxyl groups is 1. The van der Waals surface area contributed by atoms with Crippen molar-refractivity contribution in [2.75, 3.05) is 59.2 Å². The molecule has 1 aromatic heterocycles. The molecule has 0 saturated carbocycles. The highest BCUT2D eigenvalue weighted by molar-refractivity contribution is 9.10. The van der Waals surface area contributed by atoms with Crippen molar-refractivity contribution in [3.05, 3.63) is 37.6 Å². The van der Waals surface area contributed by atoms with Crippen LogP contribution in [0.25, 0.3) is 11.0 Å². The fourth-order valence-corrected chi connectivity index (χ4v) is 4.72. The molecule has 1 atom stereocenters. The molecule has 0 fully saturated rings. The highest BCUT2D eigenvalue weighted by Gasteiger charge is 2.30. The molecule has 15 nitrogen and oxygen atoms in total. The summed E-state index contributed by atoms with van der Waals surface area (Å²) in [5.41, 5.74) is -0.117. The standard InChI is InChI=1S/C25H31BrN2O13/c1-13-22(15-7-16(26)23(37)14(2)24(15)41-25(13)38)17(28(10-20(33)34)11-21(35)36)12-40-6-5-39-4-3-27(8-18(29)30)9-19(31)32/h7,17,37H,3-6,8-12H2,1-2H3,(H,29,30)(H,31,32)(H,33,34)(H,35,36). The number of phenols is 1. The lowest BCUT2D eigenvalue weighted by atomic mass is 9.95. The van der Waals surface area contributed by atoms with Crippen molar-refractivity contribution in [3.63, 3.8) is 0 Å². The zero-order chi connectivity index (χ0) is 30.9. The normalized spacial score (nSPS) is 12.2. The van der Waals surface area contributed by atoms with Crippen molar-refractivity contribution in [3.8, 4) is 5.75 Å². The summed E-state index contributed by atoms with van der Waals surface area (Å²) < 4.78 is 16.8. The Bertz CT molecular complexity index is 1310. The molecule has 1 unspecified atom stereocenters. The summed E-state index contributed by atoms with van der Waals surface area (Å²) in [5.74, 6) is -5.18. The van der Waals surface area contributed by atoms with E-state index in [1.807, 2.05) is 0 Å². The van der Waals surface area contributed by atoms with Gasteiger partial charge in [0.05, 0.1) is 63.1 Å². The molecule has 1 aromatic carbocycles. The molecule has 0 bridgehead atoms. The first kappa shape index (κ1) is 33.6. The molecular weight excluding hydrogens is 616 g/mol. The number of hydrogen-bond donors (Lipinski definition) is 5. The molecule has 0 aliphatic carbocycles. The zero-order valence-corrected chi connectivity index (χ0v) is 23.9. The number of phenolic OH excluding ortho intramolecular Hbond substituents is 1. The number of nitrogens with zero attached hydrogens (tertiary/aromatic N) is 2. The lowest BCUT2D eigenvalue weighted by molar-refractivity contribution is -0.145. The first-order chi connectivity index (χ1) is 19.2. The van der Waals surface area contributed by atoms with E-state index >= 15 is 0 Å². The summed E-state index contributed by atoms with van der Waals surface area (Å²) in [6.45, 7) is 0.322. The van der Waals surface area contributed by atoms with Crippen LogP contribution in [0.4, 0.5) is 0 Å². The van der Waals surface area contributed by atoms with E-state index < -0.39 is 61.7 Å². The number of carboxylic acid groups (broad SMARTS) is 4. The van der Waals surface area contributed by atoms with Crippen LogP contribution in [0.3, 0.4) is 0 Å². The fourth-order valence-electron chi connectivity index (χ4n) is 4.19. The maximum Gasteiger partial charge on any atom is 0.339 e. The minimum Gasteiger partial charge on any atom is -0.506 e. The highest BCUT2D eigenvalue weighted by Crippen LogP contribution is 2.38. The maximum absolute atomic E-state index is 12.8. The summed E-state index contributed by atoms with van der Waals surface area (Å²) in [4.78, 5) is 60.1. The smallest absolute Gasteiger partial charge is 0.339 e. The number of ether oxygens (including phenoxy) is 2. The summed E-state index contributed by atoms with van der Waals surface area (Å²) in [5, 5.41) is 47.4. The number of carbonyl (C=O) groups is 4. The lowest BCUT2D eigenvalue weighted by Crippen LogP contribution is -2.40. The van der Waals surface area contributed by atoms with Crippen LogP contribution in [-0.4, -0.2) is 118 Å². The third kappa shape index (κ3) is 9.79. The molecule has 0 spiro atoms. The highest BCUT2D eigenvalue weighted by atomic mass is 79.9. The van der Waals surface area contributed by atoms with Gasteiger partial charge in [0, 0.05) is 23.1 Å². The Kier molecular flexibility index (Phi) is 12.7. The van der Waals surface area contributed by atoms with Crippen LogP contribution >= 0.6 is 15.9 Å². The van der Waals surface area contributed by atoms with Crippen LogP contribution in [0, 0.1) is 13.8 Å². The predicted molar refractivity (Wildman–Crippen MR) is 144 cm³/mol. The van der Waals surface area contributed by atoms with E-state index in [-0.39, 0.29) is 65.5 Å².